The zero-order valence-electron chi connectivity index (χ0n) is 24.7. The van der Waals surface area contributed by atoms with Crippen LogP contribution in [0.2, 0.25) is 0 Å². The molecule has 0 radical (unpaired) electrons. The van der Waals surface area contributed by atoms with Crippen molar-refractivity contribution >= 4 is 43.1 Å². The van der Waals surface area contributed by atoms with Gasteiger partial charge in [0, 0.05) is 0 Å². The lowest BCUT2D eigenvalue weighted by Crippen LogP contribution is -1.93. The van der Waals surface area contributed by atoms with Crippen LogP contribution in [0.25, 0.3) is 76.5 Å². The minimum absolute atomic E-state index is 0.841. The number of methoxy groups -OCH3 is 2. The molecule has 8 rings (SSSR count). The van der Waals surface area contributed by atoms with Gasteiger partial charge in [-0.05, 0) is 119 Å². The van der Waals surface area contributed by atoms with E-state index in [0.29, 0.717) is 0 Å². The second-order valence-corrected chi connectivity index (χ2v) is 11.2. The van der Waals surface area contributed by atoms with E-state index < -0.39 is 0 Å². The first-order valence-electron chi connectivity index (χ1n) is 14.9. The Balaban J connectivity index is 1.63. The SMILES string of the molecule is COc1cccc(-c2c3ccccc3c(-c3cccc(OC)c3)c3cc4c(cc23)c(-c2ccccc2)cc2ccccc24)c1. The maximum atomic E-state index is 5.70. The monoisotopic (exact) mass is 566 g/mol. The van der Waals surface area contributed by atoms with E-state index in [1.807, 2.05) is 12.1 Å². The van der Waals surface area contributed by atoms with E-state index in [4.69, 9.17) is 9.47 Å². The molecule has 0 aliphatic carbocycles. The standard InChI is InChI=1S/C42H30O2/c1-43-31-17-10-15-29(22-31)41-34-20-8-9-21-35(34)42(30-16-11-18-32(23-30)44-2)40-26-38-36(27-12-4-3-5-13-27)24-28-14-6-7-19-33(28)37(38)25-39(40)41/h3-26H,1-2H3. The number of hydrogen-bond donors (Lipinski definition) is 0. The molecule has 0 aromatic heterocycles. The van der Waals surface area contributed by atoms with Gasteiger partial charge in [0.2, 0.25) is 0 Å². The lowest BCUT2D eigenvalue weighted by Gasteiger charge is -2.20. The summed E-state index contributed by atoms with van der Waals surface area (Å²) in [5.74, 6) is 1.68. The van der Waals surface area contributed by atoms with Crippen LogP contribution in [-0.2, 0) is 0 Å². The first-order valence-corrected chi connectivity index (χ1v) is 14.9. The van der Waals surface area contributed by atoms with E-state index in [-0.39, 0.29) is 0 Å². The molecule has 0 N–H and O–H groups in total. The summed E-state index contributed by atoms with van der Waals surface area (Å²) in [5.41, 5.74) is 7.11. The van der Waals surface area contributed by atoms with Gasteiger partial charge in [0.25, 0.3) is 0 Å². The first kappa shape index (κ1) is 26.1. The van der Waals surface area contributed by atoms with Crippen molar-refractivity contribution in [3.05, 3.63) is 146 Å². The molecule has 0 spiro atoms. The van der Waals surface area contributed by atoms with Gasteiger partial charge in [0.05, 0.1) is 14.2 Å². The highest BCUT2D eigenvalue weighted by Gasteiger charge is 2.20. The van der Waals surface area contributed by atoms with Crippen LogP contribution in [0, 0.1) is 0 Å². The summed E-state index contributed by atoms with van der Waals surface area (Å²) in [6, 6.07) is 52.3. The molecule has 0 saturated heterocycles. The molecule has 0 aliphatic rings. The Bertz CT molecular complexity index is 2350. The second kappa shape index (κ2) is 10.6. The summed E-state index contributed by atoms with van der Waals surface area (Å²) in [6.45, 7) is 0. The van der Waals surface area contributed by atoms with Crippen LogP contribution in [0.4, 0.5) is 0 Å². The quantitative estimate of drug-likeness (QED) is 0.152. The van der Waals surface area contributed by atoms with E-state index >= 15 is 0 Å². The van der Waals surface area contributed by atoms with Gasteiger partial charge in [0.1, 0.15) is 11.5 Å². The van der Waals surface area contributed by atoms with Crippen molar-refractivity contribution in [2.24, 2.45) is 0 Å². The van der Waals surface area contributed by atoms with Crippen molar-refractivity contribution in [2.45, 2.75) is 0 Å². The van der Waals surface area contributed by atoms with Crippen LogP contribution in [0.15, 0.2) is 146 Å². The smallest absolute Gasteiger partial charge is 0.119 e. The summed E-state index contributed by atoms with van der Waals surface area (Å²) in [5, 5.41) is 9.77. The maximum Gasteiger partial charge on any atom is 0.119 e. The largest absolute Gasteiger partial charge is 0.497 e. The molecular weight excluding hydrogens is 536 g/mol. The van der Waals surface area contributed by atoms with E-state index in [2.05, 4.69) is 133 Å². The molecule has 0 fully saturated rings. The van der Waals surface area contributed by atoms with Crippen molar-refractivity contribution < 1.29 is 9.47 Å². The van der Waals surface area contributed by atoms with Crippen LogP contribution in [0.3, 0.4) is 0 Å². The van der Waals surface area contributed by atoms with Gasteiger partial charge in [0.15, 0.2) is 0 Å². The van der Waals surface area contributed by atoms with Gasteiger partial charge in [-0.3, -0.25) is 0 Å². The molecule has 0 unspecified atom stereocenters. The fourth-order valence-corrected chi connectivity index (χ4v) is 6.81. The van der Waals surface area contributed by atoms with Crippen molar-refractivity contribution in [1.82, 2.24) is 0 Å². The van der Waals surface area contributed by atoms with Gasteiger partial charge in [-0.1, -0.05) is 103 Å². The Labute approximate surface area is 256 Å². The third-order valence-electron chi connectivity index (χ3n) is 8.80. The number of ether oxygens (including phenoxy) is 2. The first-order chi connectivity index (χ1) is 21.7. The van der Waals surface area contributed by atoms with Crippen molar-refractivity contribution in [1.29, 1.82) is 0 Å². The maximum absolute atomic E-state index is 5.70. The average molecular weight is 567 g/mol. The van der Waals surface area contributed by atoms with Crippen LogP contribution in [-0.4, -0.2) is 14.2 Å². The molecule has 2 nitrogen and oxygen atoms in total. The molecule has 2 heteroatoms. The molecule has 8 aromatic rings. The second-order valence-electron chi connectivity index (χ2n) is 11.2. The van der Waals surface area contributed by atoms with Gasteiger partial charge < -0.3 is 9.47 Å². The molecule has 8 aromatic carbocycles. The molecular formula is C42H30O2. The van der Waals surface area contributed by atoms with E-state index in [0.717, 1.165) is 22.6 Å². The van der Waals surface area contributed by atoms with Crippen molar-refractivity contribution in [2.75, 3.05) is 14.2 Å². The number of fused-ring (bicyclic) bond motifs is 5. The third-order valence-corrected chi connectivity index (χ3v) is 8.80. The van der Waals surface area contributed by atoms with Gasteiger partial charge in [-0.2, -0.15) is 0 Å². The lowest BCUT2D eigenvalue weighted by atomic mass is 9.83. The Morgan fingerprint density at radius 3 is 1.43 bits per heavy atom. The van der Waals surface area contributed by atoms with Crippen LogP contribution < -0.4 is 9.47 Å². The zero-order valence-corrected chi connectivity index (χ0v) is 24.7. The molecule has 0 amide bonds. The molecule has 0 saturated carbocycles. The van der Waals surface area contributed by atoms with E-state index in [1.165, 1.54) is 65.3 Å². The molecule has 0 heterocycles. The Morgan fingerprint density at radius 2 is 0.841 bits per heavy atom. The van der Waals surface area contributed by atoms with Gasteiger partial charge >= 0.3 is 0 Å². The third kappa shape index (κ3) is 4.19. The summed E-state index contributed by atoms with van der Waals surface area (Å²) in [6.07, 6.45) is 0. The highest BCUT2D eigenvalue weighted by molar-refractivity contribution is 6.27. The topological polar surface area (TPSA) is 18.5 Å². The highest BCUT2D eigenvalue weighted by Crippen LogP contribution is 2.47. The zero-order chi connectivity index (χ0) is 29.6. The summed E-state index contributed by atoms with van der Waals surface area (Å²) >= 11 is 0. The highest BCUT2D eigenvalue weighted by atomic mass is 16.5. The summed E-state index contributed by atoms with van der Waals surface area (Å²) < 4.78 is 11.4. The number of benzene rings is 8. The van der Waals surface area contributed by atoms with Crippen LogP contribution >= 0.6 is 0 Å². The Kier molecular flexibility index (Phi) is 6.27. The van der Waals surface area contributed by atoms with E-state index in [1.54, 1.807) is 14.2 Å². The van der Waals surface area contributed by atoms with Crippen LogP contribution in [0.5, 0.6) is 11.5 Å². The summed E-state index contributed by atoms with van der Waals surface area (Å²) in [4.78, 5) is 0. The van der Waals surface area contributed by atoms with Crippen LogP contribution in [0.1, 0.15) is 0 Å². The van der Waals surface area contributed by atoms with Gasteiger partial charge in [-0.25, -0.2) is 0 Å². The molecule has 0 bridgehead atoms. The fourth-order valence-electron chi connectivity index (χ4n) is 6.81. The predicted octanol–water partition coefficient (Wildman–Crippen LogP) is 11.3. The normalized spacial score (nSPS) is 11.4. The molecule has 0 aliphatic heterocycles. The molecule has 210 valence electrons. The lowest BCUT2D eigenvalue weighted by molar-refractivity contribution is 0.415. The summed E-state index contributed by atoms with van der Waals surface area (Å²) in [7, 11) is 3.46. The van der Waals surface area contributed by atoms with Crippen molar-refractivity contribution in [3.8, 4) is 44.9 Å². The average Bonchev–Trinajstić information content (AvgIpc) is 3.09. The number of rotatable bonds is 5. The molecule has 0 atom stereocenters. The fraction of sp³-hybridized carbons (Fsp3) is 0.0476. The minimum Gasteiger partial charge on any atom is -0.497 e. The van der Waals surface area contributed by atoms with E-state index in [9.17, 15) is 0 Å². The van der Waals surface area contributed by atoms with Crippen molar-refractivity contribution in [3.63, 3.8) is 0 Å². The Hall–Kier alpha value is -5.60. The predicted molar refractivity (Wildman–Crippen MR) is 186 cm³/mol. The Morgan fingerprint density at radius 1 is 0.341 bits per heavy atom. The van der Waals surface area contributed by atoms with Gasteiger partial charge in [-0.15, -0.1) is 0 Å². The molecule has 44 heavy (non-hydrogen) atoms. The minimum atomic E-state index is 0.841. The number of hydrogen-bond acceptors (Lipinski definition) is 2.